The van der Waals surface area contributed by atoms with E-state index in [1.54, 1.807) is 18.0 Å². The smallest absolute Gasteiger partial charge is 0.274 e. The number of carbonyl (C=O) groups excluding carboxylic acids is 1. The highest BCUT2D eigenvalue weighted by atomic mass is 16.2. The summed E-state index contributed by atoms with van der Waals surface area (Å²) in [4.78, 5) is 16.1. The summed E-state index contributed by atoms with van der Waals surface area (Å²) in [6, 6.07) is 13.5. The Labute approximate surface area is 137 Å². The van der Waals surface area contributed by atoms with Crippen LogP contribution in [0.25, 0.3) is 0 Å². The van der Waals surface area contributed by atoms with Gasteiger partial charge in [0.1, 0.15) is 0 Å². The molecule has 1 aromatic heterocycles. The second-order valence-corrected chi connectivity index (χ2v) is 5.70. The number of anilines is 1. The molecule has 5 nitrogen and oxygen atoms in total. The van der Waals surface area contributed by atoms with Gasteiger partial charge in [-0.15, -0.1) is 10.2 Å². The first-order valence-electron chi connectivity index (χ1n) is 7.96. The number of hydrogen-bond donors (Lipinski definition) is 0. The first kappa shape index (κ1) is 16.9. The van der Waals surface area contributed by atoms with Crippen LogP contribution in [0.5, 0.6) is 0 Å². The summed E-state index contributed by atoms with van der Waals surface area (Å²) < 4.78 is 0. The lowest BCUT2D eigenvalue weighted by atomic mass is 10.2. The molecule has 0 aliphatic heterocycles. The van der Waals surface area contributed by atoms with Crippen molar-refractivity contribution >= 4 is 11.7 Å². The molecule has 0 saturated carbocycles. The van der Waals surface area contributed by atoms with Crippen molar-refractivity contribution in [2.24, 2.45) is 0 Å². The molecule has 1 amide bonds. The molecule has 2 rings (SSSR count). The van der Waals surface area contributed by atoms with Gasteiger partial charge in [-0.1, -0.05) is 43.7 Å². The summed E-state index contributed by atoms with van der Waals surface area (Å²) in [5, 5.41) is 8.26. The van der Waals surface area contributed by atoms with E-state index >= 15 is 0 Å². The lowest BCUT2D eigenvalue weighted by Gasteiger charge is -2.18. The number of hydrogen-bond acceptors (Lipinski definition) is 4. The van der Waals surface area contributed by atoms with E-state index in [0.29, 0.717) is 12.2 Å². The van der Waals surface area contributed by atoms with Crippen LogP contribution in [0.4, 0.5) is 5.82 Å². The van der Waals surface area contributed by atoms with Gasteiger partial charge in [0.15, 0.2) is 11.5 Å². The second-order valence-electron chi connectivity index (χ2n) is 5.70. The molecule has 0 aliphatic rings. The Morgan fingerprint density at radius 2 is 1.78 bits per heavy atom. The van der Waals surface area contributed by atoms with E-state index in [-0.39, 0.29) is 5.91 Å². The molecule has 5 heteroatoms. The molecule has 0 N–H and O–H groups in total. The van der Waals surface area contributed by atoms with Crippen LogP contribution in [0.15, 0.2) is 42.5 Å². The third-order valence-electron chi connectivity index (χ3n) is 3.72. The number of amides is 1. The number of unbranched alkanes of at least 4 members (excludes halogenated alkanes) is 1. The normalized spacial score (nSPS) is 10.4. The van der Waals surface area contributed by atoms with Crippen LogP contribution in [0, 0.1) is 0 Å². The Morgan fingerprint density at radius 1 is 1.04 bits per heavy atom. The first-order valence-corrected chi connectivity index (χ1v) is 7.96. The minimum absolute atomic E-state index is 0.121. The van der Waals surface area contributed by atoms with Gasteiger partial charge < -0.3 is 9.80 Å². The third-order valence-corrected chi connectivity index (χ3v) is 3.72. The largest absolute Gasteiger partial charge is 0.358 e. The molecule has 0 unspecified atom stereocenters. The van der Waals surface area contributed by atoms with Gasteiger partial charge in [0.2, 0.25) is 0 Å². The average molecular weight is 312 g/mol. The Morgan fingerprint density at radius 3 is 2.39 bits per heavy atom. The van der Waals surface area contributed by atoms with Gasteiger partial charge in [-0.2, -0.15) is 0 Å². The average Bonchev–Trinajstić information content (AvgIpc) is 2.60. The van der Waals surface area contributed by atoms with Crippen molar-refractivity contribution < 1.29 is 4.79 Å². The maximum atomic E-state index is 12.4. The fraction of sp³-hybridized carbons (Fsp3) is 0.389. The van der Waals surface area contributed by atoms with E-state index in [0.717, 1.165) is 30.8 Å². The highest BCUT2D eigenvalue weighted by Gasteiger charge is 2.14. The summed E-state index contributed by atoms with van der Waals surface area (Å²) in [5.74, 6) is 0.671. The second kappa shape index (κ2) is 8.27. The molecule has 0 spiro atoms. The molecule has 2 aromatic rings. The van der Waals surface area contributed by atoms with Crippen LogP contribution < -0.4 is 4.90 Å². The van der Waals surface area contributed by atoms with Crippen molar-refractivity contribution in [3.05, 3.63) is 53.7 Å². The van der Waals surface area contributed by atoms with Gasteiger partial charge in [-0.25, -0.2) is 0 Å². The Hall–Kier alpha value is -2.43. The van der Waals surface area contributed by atoms with E-state index < -0.39 is 0 Å². The molecule has 0 aliphatic carbocycles. The number of benzene rings is 1. The van der Waals surface area contributed by atoms with E-state index in [1.807, 2.05) is 43.4 Å². The number of rotatable bonds is 7. The van der Waals surface area contributed by atoms with Crippen LogP contribution in [-0.4, -0.2) is 41.6 Å². The van der Waals surface area contributed by atoms with Crippen molar-refractivity contribution in [3.63, 3.8) is 0 Å². The maximum Gasteiger partial charge on any atom is 0.274 e. The van der Waals surface area contributed by atoms with Crippen molar-refractivity contribution in [3.8, 4) is 0 Å². The fourth-order valence-electron chi connectivity index (χ4n) is 2.28. The van der Waals surface area contributed by atoms with Gasteiger partial charge in [0, 0.05) is 27.2 Å². The highest BCUT2D eigenvalue weighted by Crippen LogP contribution is 2.11. The standard InChI is InChI=1S/C18H24N4O/c1-4-5-13-21(2)17-12-11-16(19-20-17)18(23)22(3)14-15-9-7-6-8-10-15/h6-12H,4-5,13-14H2,1-3H3. The van der Waals surface area contributed by atoms with Crippen LogP contribution >= 0.6 is 0 Å². The summed E-state index contributed by atoms with van der Waals surface area (Å²) >= 11 is 0. The topological polar surface area (TPSA) is 49.3 Å². The van der Waals surface area contributed by atoms with Gasteiger partial charge in [-0.05, 0) is 24.1 Å². The monoisotopic (exact) mass is 312 g/mol. The minimum Gasteiger partial charge on any atom is -0.358 e. The third kappa shape index (κ3) is 4.77. The molecule has 0 radical (unpaired) electrons. The predicted octanol–water partition coefficient (Wildman–Crippen LogP) is 2.99. The molecule has 0 fully saturated rings. The number of nitrogens with zero attached hydrogens (tertiary/aromatic N) is 4. The molecular weight excluding hydrogens is 288 g/mol. The minimum atomic E-state index is -0.121. The number of aromatic nitrogens is 2. The van der Waals surface area contributed by atoms with E-state index in [9.17, 15) is 4.79 Å². The van der Waals surface area contributed by atoms with E-state index in [4.69, 9.17) is 0 Å². The molecule has 122 valence electrons. The summed E-state index contributed by atoms with van der Waals surface area (Å²) in [5.41, 5.74) is 1.46. The lowest BCUT2D eigenvalue weighted by Crippen LogP contribution is -2.27. The predicted molar refractivity (Wildman–Crippen MR) is 92.4 cm³/mol. The lowest BCUT2D eigenvalue weighted by molar-refractivity contribution is 0.0778. The van der Waals surface area contributed by atoms with Crippen molar-refractivity contribution in [1.82, 2.24) is 15.1 Å². The zero-order valence-electron chi connectivity index (χ0n) is 14.1. The van der Waals surface area contributed by atoms with Crippen LogP contribution in [0.3, 0.4) is 0 Å². The van der Waals surface area contributed by atoms with Crippen molar-refractivity contribution in [2.75, 3.05) is 25.5 Å². The Bertz CT molecular complexity index is 613. The Balaban J connectivity index is 1.99. The van der Waals surface area contributed by atoms with E-state index in [2.05, 4.69) is 22.0 Å². The maximum absolute atomic E-state index is 12.4. The summed E-state index contributed by atoms with van der Waals surface area (Å²) in [7, 11) is 3.76. The quantitative estimate of drug-likeness (QED) is 0.788. The fourth-order valence-corrected chi connectivity index (χ4v) is 2.28. The molecule has 0 atom stereocenters. The first-order chi connectivity index (χ1) is 11.1. The molecule has 1 heterocycles. The van der Waals surface area contributed by atoms with Crippen molar-refractivity contribution in [2.45, 2.75) is 26.3 Å². The zero-order valence-corrected chi connectivity index (χ0v) is 14.1. The SMILES string of the molecule is CCCCN(C)c1ccc(C(=O)N(C)Cc2ccccc2)nn1. The van der Waals surface area contributed by atoms with E-state index in [1.165, 1.54) is 0 Å². The molecule has 1 aromatic carbocycles. The summed E-state index contributed by atoms with van der Waals surface area (Å²) in [6.07, 6.45) is 2.25. The Kier molecular flexibility index (Phi) is 6.09. The van der Waals surface area contributed by atoms with Gasteiger partial charge >= 0.3 is 0 Å². The highest BCUT2D eigenvalue weighted by molar-refractivity contribution is 5.92. The van der Waals surface area contributed by atoms with Crippen LogP contribution in [0.1, 0.15) is 35.8 Å². The van der Waals surface area contributed by atoms with Crippen LogP contribution in [0.2, 0.25) is 0 Å². The molecular formula is C18H24N4O. The van der Waals surface area contributed by atoms with Gasteiger partial charge in [0.25, 0.3) is 5.91 Å². The zero-order chi connectivity index (χ0) is 16.7. The molecule has 23 heavy (non-hydrogen) atoms. The molecule has 0 saturated heterocycles. The van der Waals surface area contributed by atoms with Gasteiger partial charge in [-0.3, -0.25) is 4.79 Å². The summed E-state index contributed by atoms with van der Waals surface area (Å²) in [6.45, 7) is 3.65. The number of carbonyl (C=O) groups is 1. The van der Waals surface area contributed by atoms with Gasteiger partial charge in [0.05, 0.1) is 0 Å². The van der Waals surface area contributed by atoms with Crippen molar-refractivity contribution in [1.29, 1.82) is 0 Å². The van der Waals surface area contributed by atoms with Crippen LogP contribution in [-0.2, 0) is 6.54 Å². The molecule has 0 bridgehead atoms.